The van der Waals surface area contributed by atoms with E-state index in [-0.39, 0.29) is 0 Å². The molecule has 0 amide bonds. The molecule has 0 radical (unpaired) electrons. The van der Waals surface area contributed by atoms with Gasteiger partial charge < -0.3 is 10.2 Å². The van der Waals surface area contributed by atoms with Gasteiger partial charge in [-0.3, -0.25) is 0 Å². The summed E-state index contributed by atoms with van der Waals surface area (Å²) in [5.41, 5.74) is 8.44. The van der Waals surface area contributed by atoms with Crippen LogP contribution >= 0.6 is 0 Å². The van der Waals surface area contributed by atoms with Crippen molar-refractivity contribution in [1.29, 1.82) is 0 Å². The van der Waals surface area contributed by atoms with Gasteiger partial charge in [-0.15, -0.1) is 0 Å². The maximum atomic E-state index is 5.37. The fraction of sp³-hybridized carbons (Fsp3) is 0.273. The molecule has 1 aliphatic rings. The van der Waals surface area contributed by atoms with E-state index in [1.54, 1.807) is 0 Å². The molecule has 1 aromatic carbocycles. The second kappa shape index (κ2) is 4.15. The molecule has 1 aliphatic heterocycles. The van der Waals surface area contributed by atoms with Gasteiger partial charge in [-0.2, -0.15) is 0 Å². The van der Waals surface area contributed by atoms with Gasteiger partial charge in [-0.1, -0.05) is 0 Å². The summed E-state index contributed by atoms with van der Waals surface area (Å²) in [7, 11) is 0. The number of benzene rings is 1. The zero-order valence-corrected chi connectivity index (χ0v) is 8.21. The molecule has 0 saturated heterocycles. The fourth-order valence-corrected chi connectivity index (χ4v) is 1.44. The van der Waals surface area contributed by atoms with Crippen molar-refractivity contribution in [2.45, 2.75) is 6.92 Å². The van der Waals surface area contributed by atoms with Gasteiger partial charge in [0.05, 0.1) is 12.3 Å². The van der Waals surface area contributed by atoms with Crippen molar-refractivity contribution in [2.75, 3.05) is 13.2 Å². The molecule has 2 N–H and O–H groups in total. The van der Waals surface area contributed by atoms with Gasteiger partial charge in [0.1, 0.15) is 5.75 Å². The molecule has 0 atom stereocenters. The molecule has 74 valence electrons. The Labute approximate surface area is 83.7 Å². The normalized spacial score (nSPS) is 14.8. The first-order valence-electron chi connectivity index (χ1n) is 4.82. The van der Waals surface area contributed by atoms with Gasteiger partial charge in [0.15, 0.2) is 0 Å². The first-order chi connectivity index (χ1) is 6.90. The van der Waals surface area contributed by atoms with Crippen molar-refractivity contribution >= 4 is 5.70 Å². The minimum Gasteiger partial charge on any atom is -0.494 e. The first kappa shape index (κ1) is 9.09. The molecule has 0 saturated carbocycles. The third-order valence-electron chi connectivity index (χ3n) is 2.11. The number of hydrazine groups is 1. The predicted octanol–water partition coefficient (Wildman–Crippen LogP) is 1.53. The maximum absolute atomic E-state index is 5.37. The van der Waals surface area contributed by atoms with Crippen LogP contribution in [0.2, 0.25) is 0 Å². The molecule has 0 bridgehead atoms. The Hall–Kier alpha value is -1.48. The van der Waals surface area contributed by atoms with Crippen LogP contribution in [0.15, 0.2) is 30.3 Å². The van der Waals surface area contributed by atoms with E-state index in [2.05, 4.69) is 29.1 Å². The van der Waals surface area contributed by atoms with Crippen molar-refractivity contribution in [2.24, 2.45) is 0 Å². The maximum Gasteiger partial charge on any atom is 0.119 e. The summed E-state index contributed by atoms with van der Waals surface area (Å²) in [5.74, 6) is 0.919. The second-order valence-electron chi connectivity index (χ2n) is 3.08. The molecule has 3 heteroatoms. The molecular weight excluding hydrogens is 176 g/mol. The van der Waals surface area contributed by atoms with Crippen LogP contribution < -0.4 is 15.6 Å². The molecule has 14 heavy (non-hydrogen) atoms. The lowest BCUT2D eigenvalue weighted by Crippen LogP contribution is -2.22. The zero-order chi connectivity index (χ0) is 9.80. The quantitative estimate of drug-likeness (QED) is 0.758. The van der Waals surface area contributed by atoms with Crippen LogP contribution in [0.3, 0.4) is 0 Å². The van der Waals surface area contributed by atoms with Gasteiger partial charge in [0.2, 0.25) is 0 Å². The van der Waals surface area contributed by atoms with Gasteiger partial charge in [-0.05, 0) is 42.8 Å². The van der Waals surface area contributed by atoms with Crippen molar-refractivity contribution < 1.29 is 4.74 Å². The Morgan fingerprint density at radius 3 is 2.64 bits per heavy atom. The Kier molecular flexibility index (Phi) is 2.70. The van der Waals surface area contributed by atoms with Gasteiger partial charge in [0, 0.05) is 6.54 Å². The van der Waals surface area contributed by atoms with Crippen molar-refractivity contribution in [3.63, 3.8) is 0 Å². The van der Waals surface area contributed by atoms with Gasteiger partial charge in [0.25, 0.3) is 0 Å². The van der Waals surface area contributed by atoms with Gasteiger partial charge in [-0.25, -0.2) is 5.43 Å². The van der Waals surface area contributed by atoms with E-state index in [0.717, 1.165) is 18.0 Å². The van der Waals surface area contributed by atoms with Crippen LogP contribution in [0.1, 0.15) is 12.5 Å². The van der Waals surface area contributed by atoms with Crippen LogP contribution in [0, 0.1) is 0 Å². The summed E-state index contributed by atoms with van der Waals surface area (Å²) in [4.78, 5) is 0. The highest BCUT2D eigenvalue weighted by Crippen LogP contribution is 2.17. The van der Waals surface area contributed by atoms with Crippen molar-refractivity contribution in [3.05, 3.63) is 35.9 Å². The van der Waals surface area contributed by atoms with Crippen molar-refractivity contribution in [1.82, 2.24) is 10.9 Å². The number of nitrogens with one attached hydrogen (secondary N) is 2. The van der Waals surface area contributed by atoms with E-state index in [9.17, 15) is 0 Å². The SMILES string of the molecule is CCOc1ccc(C2=CCNN2)cc1. The Morgan fingerprint density at radius 1 is 1.29 bits per heavy atom. The largest absolute Gasteiger partial charge is 0.494 e. The number of hydrogen-bond acceptors (Lipinski definition) is 3. The third-order valence-corrected chi connectivity index (χ3v) is 2.11. The molecule has 0 aromatic heterocycles. The lowest BCUT2D eigenvalue weighted by Gasteiger charge is -2.06. The third kappa shape index (κ3) is 1.88. The Bertz CT molecular complexity index is 330. The Morgan fingerprint density at radius 2 is 2.07 bits per heavy atom. The van der Waals surface area contributed by atoms with E-state index in [1.165, 1.54) is 5.56 Å². The average Bonchev–Trinajstić information content (AvgIpc) is 2.72. The first-order valence-corrected chi connectivity index (χ1v) is 4.82. The summed E-state index contributed by atoms with van der Waals surface area (Å²) < 4.78 is 5.37. The van der Waals surface area contributed by atoms with E-state index >= 15 is 0 Å². The lowest BCUT2D eigenvalue weighted by molar-refractivity contribution is 0.340. The van der Waals surface area contributed by atoms with Crippen LogP contribution in [-0.4, -0.2) is 13.2 Å². The Balaban J connectivity index is 2.13. The molecule has 3 nitrogen and oxygen atoms in total. The predicted molar refractivity (Wildman–Crippen MR) is 56.7 cm³/mol. The topological polar surface area (TPSA) is 33.3 Å². The van der Waals surface area contributed by atoms with E-state index in [1.807, 2.05) is 19.1 Å². The number of rotatable bonds is 3. The van der Waals surface area contributed by atoms with Crippen LogP contribution in [-0.2, 0) is 0 Å². The molecule has 0 aliphatic carbocycles. The summed E-state index contributed by atoms with van der Waals surface area (Å²) in [6.07, 6.45) is 2.12. The van der Waals surface area contributed by atoms with Gasteiger partial charge >= 0.3 is 0 Å². The average molecular weight is 190 g/mol. The smallest absolute Gasteiger partial charge is 0.119 e. The highest BCUT2D eigenvalue weighted by atomic mass is 16.5. The molecule has 0 spiro atoms. The highest BCUT2D eigenvalue weighted by molar-refractivity contribution is 5.65. The number of hydrogen-bond donors (Lipinski definition) is 2. The van der Waals surface area contributed by atoms with E-state index in [4.69, 9.17) is 4.74 Å². The highest BCUT2D eigenvalue weighted by Gasteiger charge is 2.04. The summed E-state index contributed by atoms with van der Waals surface area (Å²) in [6, 6.07) is 8.08. The van der Waals surface area contributed by atoms with Crippen LogP contribution in [0.25, 0.3) is 5.70 Å². The molecule has 1 aromatic rings. The standard InChI is InChI=1S/C11H14N2O/c1-2-14-10-5-3-9(4-6-10)11-7-8-12-13-11/h3-7,12-13H,2,8H2,1H3. The number of ether oxygens (including phenoxy) is 1. The summed E-state index contributed by atoms with van der Waals surface area (Å²) in [5, 5.41) is 0. The van der Waals surface area contributed by atoms with Crippen molar-refractivity contribution in [3.8, 4) is 5.75 Å². The molecule has 2 rings (SSSR count). The van der Waals surface area contributed by atoms with E-state index < -0.39 is 0 Å². The summed E-state index contributed by atoms with van der Waals surface area (Å²) in [6.45, 7) is 3.57. The minimum atomic E-state index is 0.710. The van der Waals surface area contributed by atoms with Crippen LogP contribution in [0.4, 0.5) is 0 Å². The van der Waals surface area contributed by atoms with Crippen LogP contribution in [0.5, 0.6) is 5.75 Å². The second-order valence-corrected chi connectivity index (χ2v) is 3.08. The molecular formula is C11H14N2O. The lowest BCUT2D eigenvalue weighted by atomic mass is 10.1. The van der Waals surface area contributed by atoms with E-state index in [0.29, 0.717) is 6.61 Å². The molecule has 0 unspecified atom stereocenters. The summed E-state index contributed by atoms with van der Waals surface area (Å²) >= 11 is 0. The zero-order valence-electron chi connectivity index (χ0n) is 8.21. The fourth-order valence-electron chi connectivity index (χ4n) is 1.44. The monoisotopic (exact) mass is 190 g/mol. The minimum absolute atomic E-state index is 0.710. The molecule has 1 heterocycles. The molecule has 0 fully saturated rings.